The summed E-state index contributed by atoms with van der Waals surface area (Å²) in [6.07, 6.45) is 0. The van der Waals surface area contributed by atoms with Crippen molar-refractivity contribution in [1.29, 1.82) is 0 Å². The van der Waals surface area contributed by atoms with Crippen LogP contribution in [0.1, 0.15) is 0 Å². The van der Waals surface area contributed by atoms with Crippen LogP contribution >= 0.6 is 0 Å². The fourth-order valence-corrected chi connectivity index (χ4v) is 8.09. The Bertz CT molecular complexity index is 3290. The Morgan fingerprint density at radius 1 is 0.298 bits per heavy atom. The number of hydrogen-bond acceptors (Lipinski definition) is 4. The number of para-hydroxylation sites is 1. The van der Waals surface area contributed by atoms with Gasteiger partial charge in [-0.25, -0.2) is 15.0 Å². The number of benzene rings is 9. The maximum absolute atomic E-state index is 6.66. The van der Waals surface area contributed by atoms with Gasteiger partial charge in [0, 0.05) is 33.0 Å². The first-order valence-corrected chi connectivity index (χ1v) is 19.2. The van der Waals surface area contributed by atoms with Crippen molar-refractivity contribution in [3.05, 3.63) is 200 Å². The Labute approximate surface area is 329 Å². The molecule has 0 bridgehead atoms. The summed E-state index contributed by atoms with van der Waals surface area (Å²) in [5.74, 6) is 1.84. The van der Waals surface area contributed by atoms with Gasteiger partial charge in [-0.2, -0.15) is 0 Å². The summed E-state index contributed by atoms with van der Waals surface area (Å²) in [7, 11) is 0. The van der Waals surface area contributed by atoms with E-state index in [-0.39, 0.29) is 0 Å². The van der Waals surface area contributed by atoms with Crippen molar-refractivity contribution < 1.29 is 4.42 Å². The van der Waals surface area contributed by atoms with Gasteiger partial charge in [0.2, 0.25) is 0 Å². The molecule has 0 radical (unpaired) electrons. The van der Waals surface area contributed by atoms with Gasteiger partial charge in [-0.3, -0.25) is 0 Å². The number of nitrogens with zero attached hydrogens (tertiary/aromatic N) is 3. The lowest BCUT2D eigenvalue weighted by molar-refractivity contribution is 0.670. The van der Waals surface area contributed by atoms with Gasteiger partial charge in [0.15, 0.2) is 17.5 Å². The third-order valence-electron chi connectivity index (χ3n) is 10.9. The molecule has 2 aromatic heterocycles. The third-order valence-corrected chi connectivity index (χ3v) is 10.9. The average Bonchev–Trinajstić information content (AvgIpc) is 3.68. The van der Waals surface area contributed by atoms with Crippen LogP contribution in [0.3, 0.4) is 0 Å². The standard InChI is InChI=1S/C53H33N3O/c1-2-14-37(15-3-1)43-20-10-22-47-49-45(21-11-23-48(49)57-50(43)47)44-18-8-9-19-46(44)53-55-51(54-52(56-53)42-31-27-35-13-5-7-17-40(35)33-42)38-28-24-36(25-29-38)41-30-26-34-12-4-6-16-39(34)32-41/h1-33H. The minimum Gasteiger partial charge on any atom is -0.455 e. The molecule has 0 fully saturated rings. The minimum atomic E-state index is 0.604. The first kappa shape index (κ1) is 32.7. The summed E-state index contributed by atoms with van der Waals surface area (Å²) < 4.78 is 6.66. The van der Waals surface area contributed by atoms with Crippen molar-refractivity contribution in [3.63, 3.8) is 0 Å². The molecule has 0 spiro atoms. The van der Waals surface area contributed by atoms with Gasteiger partial charge in [0.25, 0.3) is 0 Å². The number of rotatable bonds is 6. The van der Waals surface area contributed by atoms with Gasteiger partial charge in [-0.1, -0.05) is 182 Å². The van der Waals surface area contributed by atoms with Crippen molar-refractivity contribution in [2.45, 2.75) is 0 Å². The molecule has 0 aliphatic heterocycles. The minimum absolute atomic E-state index is 0.604. The highest BCUT2D eigenvalue weighted by Crippen LogP contribution is 2.43. The highest BCUT2D eigenvalue weighted by atomic mass is 16.3. The van der Waals surface area contributed by atoms with E-state index >= 15 is 0 Å². The van der Waals surface area contributed by atoms with Crippen LogP contribution in [0.5, 0.6) is 0 Å². The van der Waals surface area contributed by atoms with Crippen molar-refractivity contribution >= 4 is 43.5 Å². The predicted octanol–water partition coefficient (Wildman–Crippen LogP) is 14.1. The zero-order valence-electron chi connectivity index (χ0n) is 30.8. The van der Waals surface area contributed by atoms with Crippen LogP contribution in [-0.2, 0) is 0 Å². The summed E-state index contributed by atoms with van der Waals surface area (Å²) in [5, 5.41) is 6.87. The molecule has 0 amide bonds. The molecule has 0 N–H and O–H groups in total. The zero-order valence-corrected chi connectivity index (χ0v) is 30.8. The Hall–Kier alpha value is -7.69. The normalized spacial score (nSPS) is 11.5. The summed E-state index contributed by atoms with van der Waals surface area (Å²) in [6, 6.07) is 69.9. The second-order valence-corrected chi connectivity index (χ2v) is 14.4. The molecule has 9 aromatic carbocycles. The van der Waals surface area contributed by atoms with E-state index in [1.54, 1.807) is 0 Å². The van der Waals surface area contributed by atoms with Crippen LogP contribution in [0, 0.1) is 0 Å². The summed E-state index contributed by atoms with van der Waals surface area (Å²) in [6.45, 7) is 0. The van der Waals surface area contributed by atoms with Crippen LogP contribution < -0.4 is 0 Å². The smallest absolute Gasteiger partial charge is 0.164 e. The number of furan rings is 1. The maximum Gasteiger partial charge on any atom is 0.164 e. The number of aromatic nitrogens is 3. The van der Waals surface area contributed by atoms with Gasteiger partial charge in [-0.15, -0.1) is 0 Å². The van der Waals surface area contributed by atoms with Crippen LogP contribution in [0.25, 0.3) is 111 Å². The largest absolute Gasteiger partial charge is 0.455 e. The molecular weight excluding hydrogens is 695 g/mol. The van der Waals surface area contributed by atoms with E-state index in [1.807, 2.05) is 6.07 Å². The molecule has 11 rings (SSSR count). The fraction of sp³-hybridized carbons (Fsp3) is 0. The monoisotopic (exact) mass is 727 g/mol. The molecule has 0 aliphatic carbocycles. The molecule has 0 aliphatic rings. The molecule has 4 heteroatoms. The Morgan fingerprint density at radius 3 is 1.58 bits per heavy atom. The topological polar surface area (TPSA) is 51.8 Å². The molecular formula is C53H33N3O. The van der Waals surface area contributed by atoms with E-state index in [4.69, 9.17) is 19.4 Å². The van der Waals surface area contributed by atoms with E-state index in [9.17, 15) is 0 Å². The van der Waals surface area contributed by atoms with Crippen molar-refractivity contribution in [3.8, 4) is 67.5 Å². The molecule has 266 valence electrons. The third kappa shape index (κ3) is 5.83. The van der Waals surface area contributed by atoms with E-state index in [2.05, 4.69) is 194 Å². The quantitative estimate of drug-likeness (QED) is 0.171. The predicted molar refractivity (Wildman–Crippen MR) is 235 cm³/mol. The van der Waals surface area contributed by atoms with Gasteiger partial charge < -0.3 is 4.42 Å². The highest BCUT2D eigenvalue weighted by Gasteiger charge is 2.20. The molecule has 0 unspecified atom stereocenters. The first-order valence-electron chi connectivity index (χ1n) is 19.2. The van der Waals surface area contributed by atoms with Crippen LogP contribution in [-0.4, -0.2) is 15.0 Å². The molecule has 11 aromatic rings. The SMILES string of the molecule is c1ccc(-c2cccc3c2oc2cccc(-c4ccccc4-c4nc(-c5ccc(-c6ccc7ccccc7c6)cc5)nc(-c5ccc6ccccc6c5)n4)c23)cc1. The Balaban J connectivity index is 1.08. The Morgan fingerprint density at radius 2 is 0.825 bits per heavy atom. The summed E-state index contributed by atoms with van der Waals surface area (Å²) >= 11 is 0. The van der Waals surface area contributed by atoms with Gasteiger partial charge >= 0.3 is 0 Å². The van der Waals surface area contributed by atoms with Crippen LogP contribution in [0.15, 0.2) is 205 Å². The lowest BCUT2D eigenvalue weighted by Gasteiger charge is -2.13. The summed E-state index contributed by atoms with van der Waals surface area (Å²) in [4.78, 5) is 15.6. The fourth-order valence-electron chi connectivity index (χ4n) is 8.09. The number of hydrogen-bond donors (Lipinski definition) is 0. The number of fused-ring (bicyclic) bond motifs is 5. The molecule has 4 nitrogen and oxygen atoms in total. The van der Waals surface area contributed by atoms with E-state index in [1.165, 1.54) is 21.7 Å². The second kappa shape index (κ2) is 13.6. The van der Waals surface area contributed by atoms with Crippen molar-refractivity contribution in [2.24, 2.45) is 0 Å². The van der Waals surface area contributed by atoms with Crippen LogP contribution in [0.2, 0.25) is 0 Å². The average molecular weight is 728 g/mol. The molecule has 0 saturated carbocycles. The van der Waals surface area contributed by atoms with E-state index in [0.717, 1.165) is 71.8 Å². The van der Waals surface area contributed by atoms with Gasteiger partial charge in [-0.05, 0) is 67.6 Å². The van der Waals surface area contributed by atoms with E-state index in [0.29, 0.717) is 17.5 Å². The maximum atomic E-state index is 6.66. The van der Waals surface area contributed by atoms with Crippen molar-refractivity contribution in [1.82, 2.24) is 15.0 Å². The summed E-state index contributed by atoms with van der Waals surface area (Å²) in [5.41, 5.74) is 11.0. The van der Waals surface area contributed by atoms with E-state index < -0.39 is 0 Å². The second-order valence-electron chi connectivity index (χ2n) is 14.4. The lowest BCUT2D eigenvalue weighted by atomic mass is 9.94. The van der Waals surface area contributed by atoms with Crippen LogP contribution in [0.4, 0.5) is 0 Å². The highest BCUT2D eigenvalue weighted by molar-refractivity contribution is 6.16. The molecule has 0 saturated heterocycles. The lowest BCUT2D eigenvalue weighted by Crippen LogP contribution is -2.01. The first-order chi connectivity index (χ1) is 28.2. The van der Waals surface area contributed by atoms with Gasteiger partial charge in [0.1, 0.15) is 11.2 Å². The van der Waals surface area contributed by atoms with Gasteiger partial charge in [0.05, 0.1) is 0 Å². The molecule has 57 heavy (non-hydrogen) atoms. The molecule has 0 atom stereocenters. The molecule has 2 heterocycles. The van der Waals surface area contributed by atoms with Crippen molar-refractivity contribution in [2.75, 3.05) is 0 Å². The zero-order chi connectivity index (χ0) is 37.7. The Kier molecular flexibility index (Phi) is 7.78.